The number of carbonyl (C=O) groups is 1. The molecule has 0 aliphatic rings. The maximum Gasteiger partial charge on any atom is 0.417 e. The lowest BCUT2D eigenvalue weighted by Crippen LogP contribution is -2.26. The van der Waals surface area contributed by atoms with Crippen LogP contribution in [0.4, 0.5) is 23.8 Å². The van der Waals surface area contributed by atoms with Crippen molar-refractivity contribution >= 4 is 17.7 Å². The lowest BCUT2D eigenvalue weighted by molar-refractivity contribution is -0.137. The molecule has 20 heavy (non-hydrogen) atoms. The topological polar surface area (TPSA) is 102 Å². The average Bonchev–Trinajstić information content (AvgIpc) is 2.40. The summed E-state index contributed by atoms with van der Waals surface area (Å²) in [5.74, 6) is 4.52. The monoisotopic (exact) mass is 291 g/mol. The Bertz CT molecular complexity index is 530. The van der Waals surface area contributed by atoms with Gasteiger partial charge in [0.1, 0.15) is 5.82 Å². The number of anilines is 1. The minimum Gasteiger partial charge on any atom is -0.453 e. The first-order valence-electron chi connectivity index (χ1n) is 5.21. The van der Waals surface area contributed by atoms with E-state index >= 15 is 0 Å². The number of amides is 1. The van der Waals surface area contributed by atoms with Gasteiger partial charge in [0.25, 0.3) is 0 Å². The van der Waals surface area contributed by atoms with Crippen molar-refractivity contribution in [2.45, 2.75) is 6.18 Å². The smallest absolute Gasteiger partial charge is 0.417 e. The predicted molar refractivity (Wildman–Crippen MR) is 65.1 cm³/mol. The number of aromatic nitrogens is 1. The molecule has 110 valence electrons. The maximum absolute atomic E-state index is 13.0. The first kappa shape index (κ1) is 15.5. The summed E-state index contributed by atoms with van der Waals surface area (Å²) in [7, 11) is 2.45. The van der Waals surface area contributed by atoms with E-state index < -0.39 is 17.8 Å². The van der Waals surface area contributed by atoms with Crippen molar-refractivity contribution in [3.63, 3.8) is 0 Å². The van der Waals surface area contributed by atoms with E-state index in [0.717, 1.165) is 13.3 Å². The normalized spacial score (nSPS) is 11.9. The van der Waals surface area contributed by atoms with E-state index in [-0.39, 0.29) is 17.2 Å². The van der Waals surface area contributed by atoms with Crippen LogP contribution in [-0.4, -0.2) is 31.1 Å². The van der Waals surface area contributed by atoms with E-state index in [0.29, 0.717) is 6.07 Å². The van der Waals surface area contributed by atoms with Gasteiger partial charge in [-0.2, -0.15) is 18.3 Å². The number of ether oxygens (including phenoxy) is 1. The number of pyridine rings is 1. The molecule has 0 atom stereocenters. The summed E-state index contributed by atoms with van der Waals surface area (Å²) >= 11 is 0. The van der Waals surface area contributed by atoms with Crippen LogP contribution in [0.25, 0.3) is 0 Å². The molecule has 1 amide bonds. The Kier molecular flexibility index (Phi) is 4.73. The van der Waals surface area contributed by atoms with Crippen LogP contribution < -0.4 is 16.5 Å². The molecule has 10 heteroatoms. The number of hydrazone groups is 1. The van der Waals surface area contributed by atoms with Crippen LogP contribution in [0.3, 0.4) is 0 Å². The number of rotatable bonds is 2. The van der Waals surface area contributed by atoms with Crippen molar-refractivity contribution in [2.75, 3.05) is 19.5 Å². The number of hydrogen-bond donors (Lipinski definition) is 3. The van der Waals surface area contributed by atoms with Crippen LogP contribution in [-0.2, 0) is 10.9 Å². The van der Waals surface area contributed by atoms with E-state index in [4.69, 9.17) is 5.84 Å². The van der Waals surface area contributed by atoms with Gasteiger partial charge in [0.2, 0.25) is 0 Å². The van der Waals surface area contributed by atoms with Crippen molar-refractivity contribution in [3.05, 3.63) is 23.4 Å². The molecule has 1 aromatic heterocycles. The van der Waals surface area contributed by atoms with Gasteiger partial charge < -0.3 is 15.9 Å². The lowest BCUT2D eigenvalue weighted by Gasteiger charge is -2.14. The van der Waals surface area contributed by atoms with Crippen molar-refractivity contribution in [1.29, 1.82) is 0 Å². The van der Waals surface area contributed by atoms with Crippen molar-refractivity contribution in [3.8, 4) is 0 Å². The molecule has 0 saturated carbocycles. The Balaban J connectivity index is 3.31. The summed E-state index contributed by atoms with van der Waals surface area (Å²) in [4.78, 5) is 14.6. The number of amidine groups is 1. The zero-order valence-electron chi connectivity index (χ0n) is 10.6. The van der Waals surface area contributed by atoms with E-state index in [1.165, 1.54) is 7.05 Å². The fraction of sp³-hybridized carbons (Fsp3) is 0.300. The van der Waals surface area contributed by atoms with E-state index in [1.807, 2.05) is 5.32 Å². The Labute approximate surface area is 112 Å². The molecule has 1 heterocycles. The minimum absolute atomic E-state index is 0.186. The number of alkyl halides is 3. The third kappa shape index (κ3) is 3.49. The van der Waals surface area contributed by atoms with Gasteiger partial charge in [-0.15, -0.1) is 0 Å². The molecule has 7 nitrogen and oxygen atoms in total. The molecule has 0 fully saturated rings. The molecular formula is C10H12F3N5O2. The molecule has 0 saturated heterocycles. The highest BCUT2D eigenvalue weighted by molar-refractivity contribution is 6.00. The van der Waals surface area contributed by atoms with E-state index in [2.05, 4.69) is 20.1 Å². The molecule has 0 unspecified atom stereocenters. The first-order valence-corrected chi connectivity index (χ1v) is 5.21. The summed E-state index contributed by atoms with van der Waals surface area (Å²) in [6, 6.07) is 0.661. The van der Waals surface area contributed by atoms with Gasteiger partial charge in [0.15, 0.2) is 5.84 Å². The van der Waals surface area contributed by atoms with Crippen LogP contribution >= 0.6 is 0 Å². The van der Waals surface area contributed by atoms with Crippen molar-refractivity contribution in [1.82, 2.24) is 10.3 Å². The Morgan fingerprint density at radius 1 is 1.50 bits per heavy atom. The summed E-state index contributed by atoms with van der Waals surface area (Å²) in [5, 5.41) is 7.68. The number of nitrogens with one attached hydrogen (secondary N) is 2. The highest BCUT2D eigenvalue weighted by Gasteiger charge is 2.35. The first-order chi connectivity index (χ1) is 9.33. The summed E-state index contributed by atoms with van der Waals surface area (Å²) in [6.07, 6.45) is -4.70. The Morgan fingerprint density at radius 3 is 2.60 bits per heavy atom. The number of carbonyl (C=O) groups excluding carboxylic acids is 1. The van der Waals surface area contributed by atoms with Crippen LogP contribution in [0.1, 0.15) is 11.1 Å². The van der Waals surface area contributed by atoms with E-state index in [1.54, 1.807) is 0 Å². The molecule has 0 radical (unpaired) electrons. The van der Waals surface area contributed by atoms with Crippen LogP contribution in [0, 0.1) is 0 Å². The predicted octanol–water partition coefficient (Wildman–Crippen LogP) is 1.12. The zero-order valence-corrected chi connectivity index (χ0v) is 10.6. The van der Waals surface area contributed by atoms with Crippen LogP contribution in [0.2, 0.25) is 0 Å². The fourth-order valence-corrected chi connectivity index (χ4v) is 1.37. The Hall–Kier alpha value is -2.52. The molecular weight excluding hydrogens is 279 g/mol. The number of nitrogens with zero attached hydrogens (tertiary/aromatic N) is 2. The highest BCUT2D eigenvalue weighted by Crippen LogP contribution is 2.33. The second-order valence-electron chi connectivity index (χ2n) is 3.46. The Morgan fingerprint density at radius 2 is 2.15 bits per heavy atom. The van der Waals surface area contributed by atoms with Gasteiger partial charge >= 0.3 is 12.3 Å². The second-order valence-corrected chi connectivity index (χ2v) is 3.46. The van der Waals surface area contributed by atoms with Crippen LogP contribution in [0.15, 0.2) is 17.4 Å². The standard InChI is InChI=1S/C10H12F3N5O2/c1-15-8(18-14)5-4-16-7(17-9(19)20-2)3-6(5)10(11,12)13/h3-4H,14H2,1-2H3,(H,15,18)(H,16,17,19). The third-order valence-electron chi connectivity index (χ3n) is 2.25. The lowest BCUT2D eigenvalue weighted by atomic mass is 10.1. The third-order valence-corrected chi connectivity index (χ3v) is 2.25. The van der Waals surface area contributed by atoms with E-state index in [9.17, 15) is 18.0 Å². The molecule has 0 aliphatic heterocycles. The van der Waals surface area contributed by atoms with Gasteiger partial charge in [0, 0.05) is 18.8 Å². The summed E-state index contributed by atoms with van der Waals surface area (Å²) < 4.78 is 43.2. The maximum atomic E-state index is 13.0. The van der Waals surface area contributed by atoms with Crippen LogP contribution in [0.5, 0.6) is 0 Å². The van der Waals surface area contributed by atoms with Gasteiger partial charge in [-0.3, -0.25) is 5.32 Å². The quantitative estimate of drug-likeness (QED) is 0.328. The minimum atomic E-state index is -4.67. The van der Waals surface area contributed by atoms with Gasteiger partial charge in [-0.25, -0.2) is 9.78 Å². The average molecular weight is 291 g/mol. The number of halogens is 3. The largest absolute Gasteiger partial charge is 0.453 e. The number of hydrogen-bond acceptors (Lipinski definition) is 5. The molecule has 1 aromatic rings. The summed E-state index contributed by atoms with van der Waals surface area (Å²) in [6.45, 7) is 0. The van der Waals surface area contributed by atoms with Crippen molar-refractivity contribution in [2.24, 2.45) is 10.9 Å². The molecule has 1 rings (SSSR count). The molecule has 0 aromatic carbocycles. The molecule has 4 N–H and O–H groups in total. The molecule has 0 aliphatic carbocycles. The SMILES string of the molecule is CN/C(=N\N)c1cnc(NC(=O)OC)cc1C(F)(F)F. The van der Waals surface area contributed by atoms with Crippen molar-refractivity contribution < 1.29 is 22.7 Å². The van der Waals surface area contributed by atoms with Gasteiger partial charge in [-0.1, -0.05) is 0 Å². The number of methoxy groups -OCH3 is 1. The second kappa shape index (κ2) is 6.08. The fourth-order valence-electron chi connectivity index (χ4n) is 1.37. The molecule has 0 spiro atoms. The highest BCUT2D eigenvalue weighted by atomic mass is 19.4. The summed E-state index contributed by atoms with van der Waals surface area (Å²) in [5.41, 5.74) is -1.38. The zero-order chi connectivity index (χ0) is 15.3. The number of nitrogens with two attached hydrogens (primary N) is 1. The van der Waals surface area contributed by atoms with Gasteiger partial charge in [0.05, 0.1) is 12.7 Å². The van der Waals surface area contributed by atoms with Gasteiger partial charge in [-0.05, 0) is 6.07 Å². The molecule has 0 bridgehead atoms.